The minimum absolute atomic E-state index is 0. The summed E-state index contributed by atoms with van der Waals surface area (Å²) < 4.78 is 3.44. The molecule has 0 N–H and O–H groups in total. The van der Waals surface area contributed by atoms with Gasteiger partial charge in [-0.2, -0.15) is 4.57 Å². The molecule has 0 aromatic carbocycles. The summed E-state index contributed by atoms with van der Waals surface area (Å²) in [6.07, 6.45) is 10.4. The summed E-state index contributed by atoms with van der Waals surface area (Å²) in [6, 6.07) is 0.0132. The summed E-state index contributed by atoms with van der Waals surface area (Å²) in [5, 5.41) is 0. The van der Waals surface area contributed by atoms with Crippen LogP contribution in [-0.4, -0.2) is 29.1 Å². The lowest BCUT2D eigenvalue weighted by Crippen LogP contribution is -3.00. The monoisotopic (exact) mass is 349 g/mol. The number of aromatic nitrogens is 2. The molecule has 0 spiro atoms. The number of unbranched alkanes of at least 4 members (excludes halogenated alkanes) is 2. The number of carbonyl (C=O) groups is 1. The summed E-state index contributed by atoms with van der Waals surface area (Å²) in [7, 11) is 3.73. The fraction of sp³-hybridized carbons (Fsp3) is 0.500. The van der Waals surface area contributed by atoms with Crippen molar-refractivity contribution < 1.29 is 33.3 Å². The molecule has 17 heavy (non-hydrogen) atoms. The SMILES string of the molecule is C=CCCCCN(C)C(=O)n1cc[n+](C)c1.[I-]. The topological polar surface area (TPSA) is 29.1 Å². The Hall–Kier alpha value is -0.850. The molecule has 0 saturated heterocycles. The highest BCUT2D eigenvalue weighted by Gasteiger charge is 2.15. The van der Waals surface area contributed by atoms with Crippen molar-refractivity contribution in [3.05, 3.63) is 31.4 Å². The molecule has 0 aliphatic rings. The number of aryl methyl sites for hydroxylation is 1. The largest absolute Gasteiger partial charge is 1.00 e. The maximum atomic E-state index is 11.9. The Labute approximate surface area is 120 Å². The first kappa shape index (κ1) is 16.1. The van der Waals surface area contributed by atoms with Crippen molar-refractivity contribution in [3.63, 3.8) is 0 Å². The lowest BCUT2D eigenvalue weighted by atomic mass is 10.2. The third kappa shape index (κ3) is 5.34. The average molecular weight is 349 g/mol. The molecule has 0 unspecified atom stereocenters. The summed E-state index contributed by atoms with van der Waals surface area (Å²) in [5.74, 6) is 0. The van der Waals surface area contributed by atoms with Gasteiger partial charge in [-0.15, -0.1) is 6.58 Å². The van der Waals surface area contributed by atoms with Gasteiger partial charge in [0.15, 0.2) is 0 Å². The van der Waals surface area contributed by atoms with E-state index < -0.39 is 0 Å². The second kappa shape index (κ2) is 8.27. The molecular formula is C12H20IN3O. The third-order valence-electron chi connectivity index (χ3n) is 2.47. The predicted octanol–water partition coefficient (Wildman–Crippen LogP) is -1.43. The minimum Gasteiger partial charge on any atom is -1.00 e. The smallest absolute Gasteiger partial charge is 0.415 e. The van der Waals surface area contributed by atoms with Crippen molar-refractivity contribution in [3.8, 4) is 0 Å². The van der Waals surface area contributed by atoms with Gasteiger partial charge in [-0.3, -0.25) is 0 Å². The highest BCUT2D eigenvalue weighted by atomic mass is 127. The maximum Gasteiger partial charge on any atom is 0.415 e. The van der Waals surface area contributed by atoms with Crippen LogP contribution < -0.4 is 28.5 Å². The molecule has 0 radical (unpaired) electrons. The molecule has 4 nitrogen and oxygen atoms in total. The fourth-order valence-corrected chi connectivity index (χ4v) is 1.49. The maximum absolute atomic E-state index is 11.9. The number of hydrogen-bond donors (Lipinski definition) is 0. The normalized spacial score (nSPS) is 9.53. The summed E-state index contributed by atoms with van der Waals surface area (Å²) in [4.78, 5) is 13.6. The molecule has 96 valence electrons. The van der Waals surface area contributed by atoms with Crippen molar-refractivity contribution in [1.82, 2.24) is 9.47 Å². The number of carbonyl (C=O) groups excluding carboxylic acids is 1. The molecule has 0 saturated carbocycles. The van der Waals surface area contributed by atoms with Gasteiger partial charge in [0.25, 0.3) is 6.33 Å². The van der Waals surface area contributed by atoms with Crippen LogP contribution in [-0.2, 0) is 7.05 Å². The van der Waals surface area contributed by atoms with E-state index >= 15 is 0 Å². The first-order valence-electron chi connectivity index (χ1n) is 5.54. The van der Waals surface area contributed by atoms with Crippen molar-refractivity contribution >= 4 is 6.03 Å². The predicted molar refractivity (Wildman–Crippen MR) is 63.1 cm³/mol. The van der Waals surface area contributed by atoms with Crippen molar-refractivity contribution in [2.45, 2.75) is 19.3 Å². The molecule has 1 amide bonds. The van der Waals surface area contributed by atoms with E-state index in [9.17, 15) is 4.79 Å². The number of halogens is 1. The van der Waals surface area contributed by atoms with Gasteiger partial charge in [-0.25, -0.2) is 9.36 Å². The van der Waals surface area contributed by atoms with Crippen LogP contribution >= 0.6 is 0 Å². The number of imidazole rings is 1. The number of rotatable bonds is 5. The van der Waals surface area contributed by atoms with E-state index in [0.29, 0.717) is 0 Å². The third-order valence-corrected chi connectivity index (χ3v) is 2.47. The van der Waals surface area contributed by atoms with Crippen LogP contribution in [0.3, 0.4) is 0 Å². The Morgan fingerprint density at radius 3 is 2.76 bits per heavy atom. The molecule has 5 heteroatoms. The van der Waals surface area contributed by atoms with Crippen LogP contribution in [0.1, 0.15) is 19.3 Å². The van der Waals surface area contributed by atoms with E-state index in [1.165, 1.54) is 0 Å². The van der Waals surface area contributed by atoms with Crippen LogP contribution in [0.15, 0.2) is 31.4 Å². The number of nitrogens with zero attached hydrogens (tertiary/aromatic N) is 3. The summed E-state index contributed by atoms with van der Waals surface area (Å²) in [5.41, 5.74) is 0. The van der Waals surface area contributed by atoms with E-state index in [4.69, 9.17) is 0 Å². The molecule has 0 aliphatic heterocycles. The van der Waals surface area contributed by atoms with E-state index in [0.717, 1.165) is 25.8 Å². The zero-order valence-electron chi connectivity index (χ0n) is 10.5. The van der Waals surface area contributed by atoms with E-state index in [1.54, 1.807) is 22.0 Å². The average Bonchev–Trinajstić information content (AvgIpc) is 2.70. The fourth-order valence-electron chi connectivity index (χ4n) is 1.49. The van der Waals surface area contributed by atoms with Crippen molar-refractivity contribution in [2.24, 2.45) is 7.05 Å². The number of allylic oxidation sites excluding steroid dienone is 1. The van der Waals surface area contributed by atoms with Crippen molar-refractivity contribution in [2.75, 3.05) is 13.6 Å². The first-order chi connectivity index (χ1) is 7.65. The summed E-state index contributed by atoms with van der Waals surface area (Å²) >= 11 is 0. The highest BCUT2D eigenvalue weighted by molar-refractivity contribution is 5.76. The molecule has 0 fully saturated rings. The molecule has 1 aromatic rings. The van der Waals surface area contributed by atoms with Gasteiger partial charge in [-0.05, 0) is 19.3 Å². The highest BCUT2D eigenvalue weighted by Crippen LogP contribution is 1.99. The Balaban J connectivity index is 0.00000256. The lowest BCUT2D eigenvalue weighted by Gasteiger charge is -2.13. The zero-order valence-corrected chi connectivity index (χ0v) is 12.6. The van der Waals surface area contributed by atoms with E-state index in [2.05, 4.69) is 6.58 Å². The number of hydrogen-bond acceptors (Lipinski definition) is 1. The van der Waals surface area contributed by atoms with Gasteiger partial charge >= 0.3 is 6.03 Å². The quantitative estimate of drug-likeness (QED) is 0.278. The van der Waals surface area contributed by atoms with Gasteiger partial charge in [0.2, 0.25) is 0 Å². The van der Waals surface area contributed by atoms with Gasteiger partial charge in [0.05, 0.1) is 7.05 Å². The van der Waals surface area contributed by atoms with Gasteiger partial charge in [0, 0.05) is 13.6 Å². The first-order valence-corrected chi connectivity index (χ1v) is 5.54. The molecule has 0 atom stereocenters. The van der Waals surface area contributed by atoms with Gasteiger partial charge < -0.3 is 28.9 Å². The molecule has 0 bridgehead atoms. The van der Waals surface area contributed by atoms with Gasteiger partial charge in [-0.1, -0.05) is 6.08 Å². The van der Waals surface area contributed by atoms with E-state index in [-0.39, 0.29) is 30.0 Å². The van der Waals surface area contributed by atoms with Crippen LogP contribution in [0.4, 0.5) is 4.79 Å². The molecule has 1 heterocycles. The van der Waals surface area contributed by atoms with Crippen molar-refractivity contribution in [1.29, 1.82) is 0 Å². The molecule has 1 rings (SSSR count). The number of amides is 1. The molecule has 0 aliphatic carbocycles. The van der Waals surface area contributed by atoms with E-state index in [1.807, 2.05) is 30.9 Å². The van der Waals surface area contributed by atoms with Crippen LogP contribution in [0, 0.1) is 0 Å². The zero-order chi connectivity index (χ0) is 12.0. The molecular weight excluding hydrogens is 329 g/mol. The van der Waals surface area contributed by atoms with Crippen LogP contribution in [0.5, 0.6) is 0 Å². The second-order valence-corrected chi connectivity index (χ2v) is 3.97. The second-order valence-electron chi connectivity index (χ2n) is 3.97. The standard InChI is InChI=1S/C12H20N3O.HI/c1-4-5-6-7-8-14(3)12(16)15-10-9-13(2)11-15;/h4,9-11H,1,5-8H2,2-3H3;1H/q+1;/p-1. The summed E-state index contributed by atoms with van der Waals surface area (Å²) in [6.45, 7) is 4.46. The molecule has 1 aromatic heterocycles. The Morgan fingerprint density at radius 2 is 2.24 bits per heavy atom. The van der Waals surface area contributed by atoms with Crippen LogP contribution in [0.2, 0.25) is 0 Å². The minimum atomic E-state index is 0. The lowest BCUT2D eigenvalue weighted by molar-refractivity contribution is -0.670. The van der Waals surface area contributed by atoms with Crippen LogP contribution in [0.25, 0.3) is 0 Å². The Kier molecular flexibility index (Phi) is 7.86. The van der Waals surface area contributed by atoms with Gasteiger partial charge in [0.1, 0.15) is 12.4 Å². The Morgan fingerprint density at radius 1 is 1.53 bits per heavy atom. The Bertz CT molecular complexity index is 362.